The smallest absolute Gasteiger partial charge is 0.246 e. The van der Waals surface area contributed by atoms with E-state index in [1.807, 2.05) is 25.3 Å². The lowest BCUT2D eigenvalue weighted by molar-refractivity contribution is -0.125. The van der Waals surface area contributed by atoms with Crippen molar-refractivity contribution in [2.75, 3.05) is 20.1 Å². The van der Waals surface area contributed by atoms with Crippen LogP contribution in [0.15, 0.2) is 64.3 Å². The van der Waals surface area contributed by atoms with Gasteiger partial charge in [-0.2, -0.15) is 5.10 Å². The summed E-state index contributed by atoms with van der Waals surface area (Å²) in [4.78, 5) is 28.5. The highest BCUT2D eigenvalue weighted by Gasteiger charge is 2.41. The number of carbonyl (C=O) groups is 2. The third kappa shape index (κ3) is 3.72. The van der Waals surface area contributed by atoms with Crippen molar-refractivity contribution in [3.8, 4) is 0 Å². The molecule has 1 saturated heterocycles. The van der Waals surface area contributed by atoms with Crippen LogP contribution in [-0.2, 0) is 16.1 Å². The number of aryl methyl sites for hydroxylation is 1. The van der Waals surface area contributed by atoms with Crippen LogP contribution in [0.3, 0.4) is 0 Å². The molecule has 1 aromatic carbocycles. The zero-order valence-corrected chi connectivity index (χ0v) is 19.0. The molecule has 2 atom stereocenters. The fourth-order valence-corrected chi connectivity index (χ4v) is 5.96. The number of nitrogens with zero attached hydrogens (tertiary/aromatic N) is 2. The van der Waals surface area contributed by atoms with E-state index in [9.17, 15) is 9.59 Å². The molecule has 3 heterocycles. The number of hydrazone groups is 1. The zero-order valence-electron chi connectivity index (χ0n) is 18.2. The molecule has 1 unspecified atom stereocenters. The summed E-state index contributed by atoms with van der Waals surface area (Å²) in [5.74, 6) is 0.114. The molecule has 0 bridgehead atoms. The van der Waals surface area contributed by atoms with Gasteiger partial charge in [0, 0.05) is 35.2 Å². The largest absolute Gasteiger partial charge is 0.337 e. The van der Waals surface area contributed by atoms with Crippen molar-refractivity contribution < 1.29 is 9.59 Å². The van der Waals surface area contributed by atoms with E-state index in [0.717, 1.165) is 36.2 Å². The Morgan fingerprint density at radius 3 is 3.03 bits per heavy atom. The summed E-state index contributed by atoms with van der Waals surface area (Å²) in [6, 6.07) is 7.95. The molecule has 164 valence electrons. The van der Waals surface area contributed by atoms with Crippen molar-refractivity contribution in [1.82, 2.24) is 15.6 Å². The molecule has 7 heteroatoms. The normalized spacial score (nSPS) is 22.6. The quantitative estimate of drug-likeness (QED) is 0.708. The average molecular weight is 447 g/mol. The SMILES string of the molecule is Cc1c(CN(C)C(=O)/C=C/C2=CC3=C4CNCCC4C(=O)[C@H]3NN=C2)sc2ccccc12. The number of hydrogen-bond acceptors (Lipinski definition) is 6. The summed E-state index contributed by atoms with van der Waals surface area (Å²) in [5.41, 5.74) is 7.18. The number of fused-ring (bicyclic) bond motifs is 3. The predicted octanol–water partition coefficient (Wildman–Crippen LogP) is 3.10. The van der Waals surface area contributed by atoms with Gasteiger partial charge in [-0.3, -0.25) is 15.0 Å². The van der Waals surface area contributed by atoms with Crippen LogP contribution in [0.1, 0.15) is 16.9 Å². The number of ketones is 1. The minimum Gasteiger partial charge on any atom is -0.337 e. The van der Waals surface area contributed by atoms with E-state index in [4.69, 9.17) is 0 Å². The van der Waals surface area contributed by atoms with Gasteiger partial charge in [0.05, 0.1) is 12.8 Å². The first-order chi connectivity index (χ1) is 15.5. The highest BCUT2D eigenvalue weighted by Crippen LogP contribution is 2.35. The minimum atomic E-state index is -0.383. The lowest BCUT2D eigenvalue weighted by Crippen LogP contribution is -2.36. The molecule has 0 saturated carbocycles. The minimum absolute atomic E-state index is 0.0177. The molecule has 1 amide bonds. The molecule has 3 aliphatic rings. The molecule has 32 heavy (non-hydrogen) atoms. The van der Waals surface area contributed by atoms with Crippen LogP contribution in [0.25, 0.3) is 10.1 Å². The lowest BCUT2D eigenvalue weighted by atomic mass is 9.93. The van der Waals surface area contributed by atoms with Crippen molar-refractivity contribution in [2.24, 2.45) is 11.0 Å². The Hall–Kier alpha value is -3.03. The highest BCUT2D eigenvalue weighted by molar-refractivity contribution is 7.19. The Kier molecular flexibility index (Phi) is 5.53. The molecule has 1 aliphatic carbocycles. The van der Waals surface area contributed by atoms with Crippen LogP contribution in [-0.4, -0.2) is 49.0 Å². The Morgan fingerprint density at radius 1 is 1.34 bits per heavy atom. The maximum atomic E-state index is 12.8. The Bertz CT molecular complexity index is 1220. The molecular formula is C25H26N4O2S. The van der Waals surface area contributed by atoms with Gasteiger partial charge in [0.2, 0.25) is 5.91 Å². The van der Waals surface area contributed by atoms with Crippen molar-refractivity contribution in [3.05, 3.63) is 69.7 Å². The first-order valence-electron chi connectivity index (χ1n) is 10.9. The number of thiophene rings is 1. The van der Waals surface area contributed by atoms with E-state index in [0.29, 0.717) is 6.54 Å². The van der Waals surface area contributed by atoms with Crippen LogP contribution in [0.5, 0.6) is 0 Å². The number of benzene rings is 1. The number of likely N-dealkylation sites (N-methyl/N-ethyl adjacent to an activating group) is 1. The number of piperidine rings is 1. The van der Waals surface area contributed by atoms with Crippen LogP contribution in [0.2, 0.25) is 0 Å². The Morgan fingerprint density at radius 2 is 2.19 bits per heavy atom. The third-order valence-electron chi connectivity index (χ3n) is 6.51. The van der Waals surface area contributed by atoms with E-state index < -0.39 is 0 Å². The molecule has 1 fully saturated rings. The number of hydrogen-bond donors (Lipinski definition) is 2. The van der Waals surface area contributed by atoms with Gasteiger partial charge in [0.25, 0.3) is 0 Å². The number of rotatable bonds is 4. The number of amides is 1. The molecule has 2 aromatic rings. The first kappa shape index (κ1) is 20.8. The topological polar surface area (TPSA) is 73.8 Å². The van der Waals surface area contributed by atoms with Crippen LogP contribution < -0.4 is 10.7 Å². The van der Waals surface area contributed by atoms with Crippen LogP contribution >= 0.6 is 11.3 Å². The van der Waals surface area contributed by atoms with E-state index in [1.54, 1.807) is 34.6 Å². The molecule has 0 radical (unpaired) electrons. The maximum Gasteiger partial charge on any atom is 0.246 e. The molecule has 0 spiro atoms. The summed E-state index contributed by atoms with van der Waals surface area (Å²) >= 11 is 1.74. The first-order valence-corrected chi connectivity index (χ1v) is 11.7. The van der Waals surface area contributed by atoms with Crippen molar-refractivity contribution >= 4 is 39.3 Å². The molecule has 6 nitrogen and oxygen atoms in total. The van der Waals surface area contributed by atoms with Gasteiger partial charge in [-0.15, -0.1) is 11.3 Å². The molecule has 2 aliphatic heterocycles. The zero-order chi connectivity index (χ0) is 22.2. The van der Waals surface area contributed by atoms with Gasteiger partial charge in [0.15, 0.2) is 5.78 Å². The van der Waals surface area contributed by atoms with Gasteiger partial charge in [-0.05, 0) is 65.8 Å². The van der Waals surface area contributed by atoms with Crippen LogP contribution in [0, 0.1) is 12.8 Å². The Balaban J connectivity index is 1.33. The molecule has 2 N–H and O–H groups in total. The van der Waals surface area contributed by atoms with E-state index in [-0.39, 0.29) is 23.7 Å². The summed E-state index contributed by atoms with van der Waals surface area (Å²) in [7, 11) is 1.82. The summed E-state index contributed by atoms with van der Waals surface area (Å²) in [6.07, 6.45) is 7.86. The second kappa shape index (κ2) is 8.48. The van der Waals surface area contributed by atoms with E-state index in [2.05, 4.69) is 34.9 Å². The standard InChI is InChI=1S/C25H26N4O2S/c1-15-17-5-3-4-6-21(17)32-22(15)14-29(2)23(30)8-7-16-11-19-20-13-26-10-9-18(20)25(31)24(19)28-27-12-16/h3-8,11-12,18,24,26,28H,9-10,13-14H2,1-2H3/b8-7+/t18?,24-/m0/s1. The molecule has 1 aromatic heterocycles. The van der Waals surface area contributed by atoms with Crippen molar-refractivity contribution in [2.45, 2.75) is 25.9 Å². The second-order valence-corrected chi connectivity index (χ2v) is 9.68. The average Bonchev–Trinajstić information content (AvgIpc) is 3.15. The molecular weight excluding hydrogens is 420 g/mol. The lowest BCUT2D eigenvalue weighted by Gasteiger charge is -2.20. The fraction of sp³-hybridized carbons (Fsp3) is 0.320. The maximum absolute atomic E-state index is 12.8. The Labute approximate surface area is 191 Å². The number of Topliss-reactive ketones (excluding diaryl/α,β-unsaturated/α-hetero) is 1. The predicted molar refractivity (Wildman–Crippen MR) is 129 cm³/mol. The summed E-state index contributed by atoms with van der Waals surface area (Å²) in [6.45, 7) is 4.28. The number of carbonyl (C=O) groups excluding carboxylic acids is 2. The fourth-order valence-electron chi connectivity index (χ4n) is 4.69. The van der Waals surface area contributed by atoms with Gasteiger partial charge in [0.1, 0.15) is 6.04 Å². The van der Waals surface area contributed by atoms with Gasteiger partial charge in [-0.25, -0.2) is 0 Å². The second-order valence-electron chi connectivity index (χ2n) is 8.54. The van der Waals surface area contributed by atoms with E-state index in [1.165, 1.54) is 20.5 Å². The van der Waals surface area contributed by atoms with Crippen LogP contribution in [0.4, 0.5) is 0 Å². The monoisotopic (exact) mass is 446 g/mol. The number of allylic oxidation sites excluding steroid dienone is 2. The number of nitrogens with one attached hydrogen (secondary N) is 2. The van der Waals surface area contributed by atoms with Crippen molar-refractivity contribution in [1.29, 1.82) is 0 Å². The van der Waals surface area contributed by atoms with Gasteiger partial charge in [-0.1, -0.05) is 18.2 Å². The molecule has 5 rings (SSSR count). The summed E-state index contributed by atoms with van der Waals surface area (Å²) < 4.78 is 1.24. The van der Waals surface area contributed by atoms with Crippen molar-refractivity contribution in [3.63, 3.8) is 0 Å². The van der Waals surface area contributed by atoms with Gasteiger partial charge >= 0.3 is 0 Å². The third-order valence-corrected chi connectivity index (χ3v) is 7.77. The van der Waals surface area contributed by atoms with Gasteiger partial charge < -0.3 is 10.2 Å². The van der Waals surface area contributed by atoms with E-state index >= 15 is 0 Å². The summed E-state index contributed by atoms with van der Waals surface area (Å²) in [5, 5.41) is 8.85. The highest BCUT2D eigenvalue weighted by atomic mass is 32.1.